The molecule has 1 rings (SSSR count). The van der Waals surface area contributed by atoms with E-state index in [1.807, 2.05) is 0 Å². The van der Waals surface area contributed by atoms with Crippen LogP contribution in [0.1, 0.15) is 0 Å². The monoisotopic (exact) mass is 201 g/mol. The molecule has 1 aromatic heterocycles. The molecular weight excluding hydrogens is 190 g/mol. The normalized spacial score (nSPS) is 12.4. The smallest absolute Gasteiger partial charge is 0.326 e. The van der Waals surface area contributed by atoms with Crippen molar-refractivity contribution in [2.75, 3.05) is 18.6 Å². The highest BCUT2D eigenvalue weighted by Crippen LogP contribution is 1.84. The van der Waals surface area contributed by atoms with Crippen molar-refractivity contribution in [1.82, 2.24) is 14.9 Å². The van der Waals surface area contributed by atoms with Crippen molar-refractivity contribution in [1.29, 1.82) is 0 Å². The Morgan fingerprint density at radius 3 is 3.00 bits per heavy atom. The van der Waals surface area contributed by atoms with Crippen LogP contribution in [0.4, 0.5) is 4.79 Å². The number of hydrogen-bond donors (Lipinski definition) is 1. The Hall–Kier alpha value is -1.17. The highest BCUT2D eigenvalue weighted by atomic mass is 32.2. The predicted octanol–water partition coefficient (Wildman–Crippen LogP) is -0.181. The van der Waals surface area contributed by atoms with E-state index < -0.39 is 10.8 Å². The van der Waals surface area contributed by atoms with Crippen LogP contribution in [-0.2, 0) is 10.8 Å². The average molecular weight is 201 g/mol. The van der Waals surface area contributed by atoms with Crippen molar-refractivity contribution in [2.24, 2.45) is 0 Å². The zero-order chi connectivity index (χ0) is 9.68. The first-order valence-corrected chi connectivity index (χ1v) is 5.49. The van der Waals surface area contributed by atoms with Crippen molar-refractivity contribution in [3.8, 4) is 0 Å². The van der Waals surface area contributed by atoms with Gasteiger partial charge >= 0.3 is 6.03 Å². The topological polar surface area (TPSA) is 64.0 Å². The summed E-state index contributed by atoms with van der Waals surface area (Å²) in [6.07, 6.45) is 6.09. The summed E-state index contributed by atoms with van der Waals surface area (Å²) in [6.45, 7) is 0.417. The molecule has 0 saturated heterocycles. The Morgan fingerprint density at radius 1 is 1.69 bits per heavy atom. The van der Waals surface area contributed by atoms with Crippen LogP contribution in [-0.4, -0.2) is 38.3 Å². The fourth-order valence-electron chi connectivity index (χ4n) is 0.772. The van der Waals surface area contributed by atoms with E-state index >= 15 is 0 Å². The molecule has 0 bridgehead atoms. The zero-order valence-corrected chi connectivity index (χ0v) is 8.08. The van der Waals surface area contributed by atoms with Crippen LogP contribution in [0, 0.1) is 0 Å². The highest BCUT2D eigenvalue weighted by Gasteiger charge is 2.01. The largest absolute Gasteiger partial charge is 0.336 e. The second-order valence-electron chi connectivity index (χ2n) is 2.48. The molecule has 1 N–H and O–H groups in total. The molecule has 1 aromatic rings. The average Bonchev–Trinajstić information content (AvgIpc) is 2.55. The van der Waals surface area contributed by atoms with Gasteiger partial charge in [0.2, 0.25) is 0 Å². The van der Waals surface area contributed by atoms with Gasteiger partial charge in [0.05, 0.1) is 0 Å². The number of nitrogens with one attached hydrogen (secondary N) is 1. The predicted molar refractivity (Wildman–Crippen MR) is 50.0 cm³/mol. The Bertz CT molecular complexity index is 297. The van der Waals surface area contributed by atoms with E-state index in [-0.39, 0.29) is 6.03 Å². The van der Waals surface area contributed by atoms with Gasteiger partial charge in [0.15, 0.2) is 0 Å². The number of rotatable bonds is 3. The summed E-state index contributed by atoms with van der Waals surface area (Å²) in [6, 6.07) is -0.247. The summed E-state index contributed by atoms with van der Waals surface area (Å²) in [5, 5.41) is 2.61. The number of aromatic nitrogens is 2. The third-order valence-corrected chi connectivity index (χ3v) is 2.18. The second kappa shape index (κ2) is 4.76. The molecule has 0 aliphatic carbocycles. The fourth-order valence-corrected chi connectivity index (χ4v) is 1.16. The van der Waals surface area contributed by atoms with E-state index in [1.165, 1.54) is 17.1 Å². The number of amides is 1. The zero-order valence-electron chi connectivity index (χ0n) is 7.27. The molecule has 0 aliphatic heterocycles. The Kier molecular flexibility index (Phi) is 3.63. The molecule has 0 radical (unpaired) electrons. The van der Waals surface area contributed by atoms with Gasteiger partial charge in [0.1, 0.15) is 6.33 Å². The first kappa shape index (κ1) is 9.91. The van der Waals surface area contributed by atoms with Crippen molar-refractivity contribution >= 4 is 16.8 Å². The third kappa shape index (κ3) is 3.37. The Balaban J connectivity index is 2.31. The first-order valence-electron chi connectivity index (χ1n) is 3.76. The molecule has 5 nitrogen and oxygen atoms in total. The van der Waals surface area contributed by atoms with Crippen LogP contribution in [0.2, 0.25) is 0 Å². The van der Waals surface area contributed by atoms with E-state index in [2.05, 4.69) is 10.3 Å². The SMILES string of the molecule is CS(=O)CCNC(=O)n1ccnc1. The minimum absolute atomic E-state index is 0.247. The van der Waals surface area contributed by atoms with Crippen LogP contribution in [0.3, 0.4) is 0 Å². The lowest BCUT2D eigenvalue weighted by atomic mass is 10.7. The minimum Gasteiger partial charge on any atom is -0.336 e. The maximum absolute atomic E-state index is 11.2. The van der Waals surface area contributed by atoms with Gasteiger partial charge < -0.3 is 5.32 Å². The lowest BCUT2D eigenvalue weighted by molar-refractivity contribution is 0.243. The number of hydrogen-bond acceptors (Lipinski definition) is 3. The second-order valence-corrected chi connectivity index (χ2v) is 4.03. The molecule has 0 spiro atoms. The summed E-state index contributed by atoms with van der Waals surface area (Å²) in [7, 11) is -0.868. The summed E-state index contributed by atoms with van der Waals surface area (Å²) in [5.74, 6) is 0.473. The highest BCUT2D eigenvalue weighted by molar-refractivity contribution is 7.84. The molecule has 0 saturated carbocycles. The Labute approximate surface area is 78.6 Å². The molecule has 6 heteroatoms. The van der Waals surface area contributed by atoms with Gasteiger partial charge in [-0.25, -0.2) is 9.78 Å². The molecule has 1 amide bonds. The third-order valence-electron chi connectivity index (χ3n) is 1.40. The molecule has 13 heavy (non-hydrogen) atoms. The lowest BCUT2D eigenvalue weighted by Gasteiger charge is -2.02. The van der Waals surface area contributed by atoms with Gasteiger partial charge in [-0.1, -0.05) is 0 Å². The number of carbonyl (C=O) groups is 1. The maximum atomic E-state index is 11.2. The Morgan fingerprint density at radius 2 is 2.46 bits per heavy atom. The lowest BCUT2D eigenvalue weighted by Crippen LogP contribution is -2.30. The van der Waals surface area contributed by atoms with Gasteiger partial charge in [0.25, 0.3) is 0 Å². The number of imidazole rings is 1. The molecule has 1 heterocycles. The van der Waals surface area contributed by atoms with E-state index in [4.69, 9.17) is 0 Å². The molecule has 0 fully saturated rings. The quantitative estimate of drug-likeness (QED) is 0.737. The van der Waals surface area contributed by atoms with Crippen LogP contribution in [0.5, 0.6) is 0 Å². The molecule has 0 aromatic carbocycles. The van der Waals surface area contributed by atoms with Gasteiger partial charge in [-0.2, -0.15) is 0 Å². The van der Waals surface area contributed by atoms with E-state index in [1.54, 1.807) is 12.5 Å². The van der Waals surface area contributed by atoms with Crippen LogP contribution in [0.25, 0.3) is 0 Å². The molecule has 72 valence electrons. The summed E-state index contributed by atoms with van der Waals surface area (Å²) in [5.41, 5.74) is 0. The van der Waals surface area contributed by atoms with Gasteiger partial charge in [-0.15, -0.1) is 0 Å². The van der Waals surface area contributed by atoms with Crippen molar-refractivity contribution in [3.63, 3.8) is 0 Å². The number of carbonyl (C=O) groups excluding carboxylic acids is 1. The van der Waals surface area contributed by atoms with E-state index in [0.717, 1.165) is 0 Å². The van der Waals surface area contributed by atoms with Crippen LogP contribution >= 0.6 is 0 Å². The number of nitrogens with zero attached hydrogens (tertiary/aromatic N) is 2. The van der Waals surface area contributed by atoms with E-state index in [9.17, 15) is 9.00 Å². The van der Waals surface area contributed by atoms with Crippen LogP contribution < -0.4 is 5.32 Å². The van der Waals surface area contributed by atoms with Gasteiger partial charge in [0, 0.05) is 41.7 Å². The summed E-state index contributed by atoms with van der Waals surface area (Å²) in [4.78, 5) is 14.9. The van der Waals surface area contributed by atoms with Crippen molar-refractivity contribution < 1.29 is 9.00 Å². The maximum Gasteiger partial charge on any atom is 0.326 e. The first-order chi connectivity index (χ1) is 6.20. The van der Waals surface area contributed by atoms with Gasteiger partial charge in [-0.3, -0.25) is 8.78 Å². The minimum atomic E-state index is -0.868. The molecular formula is C7H11N3O2S. The van der Waals surface area contributed by atoms with Crippen molar-refractivity contribution in [3.05, 3.63) is 18.7 Å². The molecule has 1 unspecified atom stereocenters. The van der Waals surface area contributed by atoms with Gasteiger partial charge in [-0.05, 0) is 0 Å². The summed E-state index contributed by atoms with van der Waals surface area (Å²) < 4.78 is 12.0. The summed E-state index contributed by atoms with van der Waals surface area (Å²) >= 11 is 0. The standard InChI is InChI=1S/C7H11N3O2S/c1-13(12)5-3-9-7(11)10-4-2-8-6-10/h2,4,6H,3,5H2,1H3,(H,9,11). The van der Waals surface area contributed by atoms with E-state index in [0.29, 0.717) is 12.3 Å². The fraction of sp³-hybridized carbons (Fsp3) is 0.429. The molecule has 0 aliphatic rings. The molecule has 1 atom stereocenters. The van der Waals surface area contributed by atoms with Crippen LogP contribution in [0.15, 0.2) is 18.7 Å². The van der Waals surface area contributed by atoms with Crippen molar-refractivity contribution in [2.45, 2.75) is 0 Å².